The van der Waals surface area contributed by atoms with Gasteiger partial charge in [-0.1, -0.05) is 19.9 Å². The van der Waals surface area contributed by atoms with Gasteiger partial charge in [-0.2, -0.15) is 0 Å². The molecule has 0 unspecified atom stereocenters. The molecule has 60 valence electrons. The summed E-state index contributed by atoms with van der Waals surface area (Å²) in [6.07, 6.45) is 4.24. The lowest BCUT2D eigenvalue weighted by molar-refractivity contribution is 0.836. The van der Waals surface area contributed by atoms with Crippen LogP contribution in [-0.2, 0) is 0 Å². The molecule has 1 aromatic rings. The highest BCUT2D eigenvalue weighted by molar-refractivity contribution is 7.09. The molecule has 0 saturated carbocycles. The summed E-state index contributed by atoms with van der Waals surface area (Å²) in [5, 5.41) is 3.21. The summed E-state index contributed by atoms with van der Waals surface area (Å²) < 4.78 is 0. The van der Waals surface area contributed by atoms with Crippen molar-refractivity contribution in [3.05, 3.63) is 22.2 Å². The molecule has 0 aromatic carbocycles. The Kier molecular flexibility index (Phi) is 2.83. The highest BCUT2D eigenvalue weighted by Crippen LogP contribution is 2.10. The number of aryl methyl sites for hydroxylation is 1. The first-order valence-corrected chi connectivity index (χ1v) is 4.67. The van der Waals surface area contributed by atoms with Crippen molar-refractivity contribution >= 4 is 17.4 Å². The molecule has 1 heterocycles. The topological polar surface area (TPSA) is 12.9 Å². The van der Waals surface area contributed by atoms with E-state index in [9.17, 15) is 0 Å². The maximum absolute atomic E-state index is 4.31. The summed E-state index contributed by atoms with van der Waals surface area (Å²) >= 11 is 1.69. The lowest BCUT2D eigenvalue weighted by atomic mass is 10.2. The van der Waals surface area contributed by atoms with Crippen LogP contribution in [0.1, 0.15) is 24.5 Å². The molecule has 0 saturated heterocycles. The van der Waals surface area contributed by atoms with E-state index in [1.54, 1.807) is 11.3 Å². The van der Waals surface area contributed by atoms with Crippen molar-refractivity contribution in [1.29, 1.82) is 0 Å². The van der Waals surface area contributed by atoms with Crippen LogP contribution < -0.4 is 0 Å². The molecule has 0 fully saturated rings. The molecule has 11 heavy (non-hydrogen) atoms. The van der Waals surface area contributed by atoms with Crippen molar-refractivity contribution in [3.63, 3.8) is 0 Å². The van der Waals surface area contributed by atoms with Crippen LogP contribution in [0.15, 0.2) is 11.5 Å². The lowest BCUT2D eigenvalue weighted by Gasteiger charge is -1.90. The smallest absolute Gasteiger partial charge is 0.0901 e. The second-order valence-electron chi connectivity index (χ2n) is 2.89. The number of nitrogens with zero attached hydrogens (tertiary/aromatic N) is 1. The van der Waals surface area contributed by atoms with Crippen LogP contribution in [0.2, 0.25) is 0 Å². The van der Waals surface area contributed by atoms with Gasteiger partial charge in [0.1, 0.15) is 0 Å². The molecular formula is C9H13NS. The van der Waals surface area contributed by atoms with E-state index in [1.165, 1.54) is 0 Å². The molecule has 0 N–H and O–H groups in total. The Morgan fingerprint density at radius 2 is 2.27 bits per heavy atom. The van der Waals surface area contributed by atoms with Crippen molar-refractivity contribution in [2.75, 3.05) is 0 Å². The second kappa shape index (κ2) is 3.67. The summed E-state index contributed by atoms with van der Waals surface area (Å²) in [6, 6.07) is 0. The summed E-state index contributed by atoms with van der Waals surface area (Å²) in [5.41, 5.74) is 1.08. The standard InChI is InChI=1S/C9H13NS/c1-7(2)4-5-9-6-11-8(3)10-9/h4-7H,1-3H3/b5-4+. The van der Waals surface area contributed by atoms with Crippen LogP contribution in [0.5, 0.6) is 0 Å². The molecule has 0 spiro atoms. The Balaban J connectivity index is 2.64. The van der Waals surface area contributed by atoms with E-state index in [4.69, 9.17) is 0 Å². The Bertz CT molecular complexity index is 248. The third kappa shape index (κ3) is 2.85. The van der Waals surface area contributed by atoms with Gasteiger partial charge in [0.05, 0.1) is 10.7 Å². The molecule has 0 aliphatic rings. The van der Waals surface area contributed by atoms with Crippen LogP contribution in [0, 0.1) is 12.8 Å². The predicted octanol–water partition coefficient (Wildman–Crippen LogP) is 3.12. The van der Waals surface area contributed by atoms with Crippen LogP contribution >= 0.6 is 11.3 Å². The summed E-state index contributed by atoms with van der Waals surface area (Å²) in [6.45, 7) is 6.35. The van der Waals surface area contributed by atoms with Gasteiger partial charge in [0.15, 0.2) is 0 Å². The van der Waals surface area contributed by atoms with E-state index in [1.807, 2.05) is 6.92 Å². The molecule has 0 bridgehead atoms. The van der Waals surface area contributed by atoms with Crippen molar-refractivity contribution in [2.45, 2.75) is 20.8 Å². The van der Waals surface area contributed by atoms with E-state index in [2.05, 4.69) is 36.4 Å². The third-order valence-corrected chi connectivity index (χ3v) is 2.08. The second-order valence-corrected chi connectivity index (χ2v) is 3.96. The van der Waals surface area contributed by atoms with Gasteiger partial charge < -0.3 is 0 Å². The molecule has 1 aromatic heterocycles. The van der Waals surface area contributed by atoms with Gasteiger partial charge in [-0.15, -0.1) is 11.3 Å². The number of thiazole rings is 1. The molecule has 0 aliphatic carbocycles. The van der Waals surface area contributed by atoms with Gasteiger partial charge in [-0.3, -0.25) is 0 Å². The molecule has 0 radical (unpaired) electrons. The van der Waals surface area contributed by atoms with Crippen LogP contribution in [-0.4, -0.2) is 4.98 Å². The Morgan fingerprint density at radius 1 is 1.55 bits per heavy atom. The highest BCUT2D eigenvalue weighted by Gasteiger charge is 1.92. The van der Waals surface area contributed by atoms with Crippen LogP contribution in [0.4, 0.5) is 0 Å². The SMILES string of the molecule is Cc1nc(/C=C/C(C)C)cs1. The van der Waals surface area contributed by atoms with E-state index in [-0.39, 0.29) is 0 Å². The zero-order valence-electron chi connectivity index (χ0n) is 7.16. The largest absolute Gasteiger partial charge is 0.242 e. The molecule has 1 nitrogen and oxygen atoms in total. The lowest BCUT2D eigenvalue weighted by Crippen LogP contribution is -1.77. The van der Waals surface area contributed by atoms with Gasteiger partial charge in [0.2, 0.25) is 0 Å². The summed E-state index contributed by atoms with van der Waals surface area (Å²) in [7, 11) is 0. The average molecular weight is 167 g/mol. The van der Waals surface area contributed by atoms with E-state index < -0.39 is 0 Å². The number of aromatic nitrogens is 1. The van der Waals surface area contributed by atoms with Crippen molar-refractivity contribution in [1.82, 2.24) is 4.98 Å². The summed E-state index contributed by atoms with van der Waals surface area (Å²) in [5.74, 6) is 0.608. The average Bonchev–Trinajstić information content (AvgIpc) is 2.31. The number of hydrogen-bond donors (Lipinski definition) is 0. The zero-order valence-corrected chi connectivity index (χ0v) is 7.98. The third-order valence-electron chi connectivity index (χ3n) is 1.29. The van der Waals surface area contributed by atoms with E-state index in [0.717, 1.165) is 10.7 Å². The van der Waals surface area contributed by atoms with Crippen LogP contribution in [0.25, 0.3) is 6.08 Å². The fraction of sp³-hybridized carbons (Fsp3) is 0.444. The minimum Gasteiger partial charge on any atom is -0.242 e. The maximum Gasteiger partial charge on any atom is 0.0901 e. The molecule has 1 rings (SSSR count). The first kappa shape index (κ1) is 8.47. The van der Waals surface area contributed by atoms with Gasteiger partial charge >= 0.3 is 0 Å². The Labute approximate surface area is 71.8 Å². The predicted molar refractivity (Wildman–Crippen MR) is 50.7 cm³/mol. The normalized spacial score (nSPS) is 11.6. The highest BCUT2D eigenvalue weighted by atomic mass is 32.1. The molecule has 0 amide bonds. The minimum atomic E-state index is 0.608. The zero-order chi connectivity index (χ0) is 8.27. The van der Waals surface area contributed by atoms with E-state index in [0.29, 0.717) is 5.92 Å². The first-order valence-electron chi connectivity index (χ1n) is 3.79. The van der Waals surface area contributed by atoms with Crippen LogP contribution in [0.3, 0.4) is 0 Å². The van der Waals surface area contributed by atoms with Gasteiger partial charge in [0.25, 0.3) is 0 Å². The molecular weight excluding hydrogens is 154 g/mol. The van der Waals surface area contributed by atoms with Gasteiger partial charge in [-0.25, -0.2) is 4.98 Å². The molecule has 0 atom stereocenters. The van der Waals surface area contributed by atoms with Crippen molar-refractivity contribution in [3.8, 4) is 0 Å². The monoisotopic (exact) mass is 167 g/mol. The van der Waals surface area contributed by atoms with Crippen molar-refractivity contribution < 1.29 is 0 Å². The number of hydrogen-bond acceptors (Lipinski definition) is 2. The quantitative estimate of drug-likeness (QED) is 0.659. The number of rotatable bonds is 2. The van der Waals surface area contributed by atoms with Gasteiger partial charge in [-0.05, 0) is 18.9 Å². The van der Waals surface area contributed by atoms with Gasteiger partial charge in [0, 0.05) is 5.38 Å². The minimum absolute atomic E-state index is 0.608. The Hall–Kier alpha value is -0.630. The Morgan fingerprint density at radius 3 is 2.73 bits per heavy atom. The fourth-order valence-electron chi connectivity index (χ4n) is 0.748. The first-order chi connectivity index (χ1) is 5.18. The molecule has 0 aliphatic heterocycles. The fourth-order valence-corrected chi connectivity index (χ4v) is 1.33. The maximum atomic E-state index is 4.31. The van der Waals surface area contributed by atoms with E-state index >= 15 is 0 Å². The van der Waals surface area contributed by atoms with Crippen molar-refractivity contribution in [2.24, 2.45) is 5.92 Å². The molecule has 2 heteroatoms. The number of allylic oxidation sites excluding steroid dienone is 1. The summed E-state index contributed by atoms with van der Waals surface area (Å²) in [4.78, 5) is 4.31.